The number of fused-ring (bicyclic) bond motifs is 1. The van der Waals surface area contributed by atoms with Gasteiger partial charge in [0.05, 0.1) is 21.2 Å². The maximum absolute atomic E-state index is 13.5. The molecular weight excluding hydrogens is 309 g/mol. The molecule has 2 aromatic carbocycles. The molecule has 0 atom stereocenters. The van der Waals surface area contributed by atoms with Crippen LogP contribution in [0.2, 0.25) is 0 Å². The van der Waals surface area contributed by atoms with E-state index in [-0.39, 0.29) is 5.82 Å². The molecule has 0 fully saturated rings. The van der Waals surface area contributed by atoms with Gasteiger partial charge in [-0.1, -0.05) is 0 Å². The van der Waals surface area contributed by atoms with Crippen molar-refractivity contribution in [1.82, 2.24) is 9.55 Å². The summed E-state index contributed by atoms with van der Waals surface area (Å²) in [5.41, 5.74) is 9.91. The number of nitrogen functional groups attached to an aromatic ring is 1. The standard InChI is InChI=1S/C14H11BrFN3/c1-8-4-11(16)10(15)6-14(8)19-7-18-12-5-9(17)2-3-13(12)19/h2-7H,17H2,1H3. The van der Waals surface area contributed by atoms with Crippen molar-refractivity contribution < 1.29 is 4.39 Å². The first-order valence-electron chi connectivity index (χ1n) is 5.75. The molecule has 5 heteroatoms. The minimum Gasteiger partial charge on any atom is -0.399 e. The van der Waals surface area contributed by atoms with E-state index < -0.39 is 0 Å². The lowest BCUT2D eigenvalue weighted by atomic mass is 10.2. The quantitative estimate of drug-likeness (QED) is 0.693. The van der Waals surface area contributed by atoms with Crippen molar-refractivity contribution in [3.8, 4) is 5.69 Å². The Labute approximate surface area is 118 Å². The van der Waals surface area contributed by atoms with Gasteiger partial charge in [-0.3, -0.25) is 4.57 Å². The highest BCUT2D eigenvalue weighted by molar-refractivity contribution is 9.10. The number of hydrogen-bond donors (Lipinski definition) is 1. The van der Waals surface area contributed by atoms with Gasteiger partial charge in [-0.15, -0.1) is 0 Å². The Bertz CT molecular complexity index is 780. The molecule has 2 N–H and O–H groups in total. The molecule has 0 saturated carbocycles. The zero-order chi connectivity index (χ0) is 13.6. The van der Waals surface area contributed by atoms with Crippen LogP contribution in [0.15, 0.2) is 41.1 Å². The van der Waals surface area contributed by atoms with Gasteiger partial charge in [0.15, 0.2) is 0 Å². The van der Waals surface area contributed by atoms with E-state index in [0.29, 0.717) is 10.2 Å². The second-order valence-electron chi connectivity index (χ2n) is 4.42. The number of nitrogens with zero attached hydrogens (tertiary/aromatic N) is 2. The second-order valence-corrected chi connectivity index (χ2v) is 5.27. The fourth-order valence-electron chi connectivity index (χ4n) is 2.12. The van der Waals surface area contributed by atoms with Crippen LogP contribution < -0.4 is 5.73 Å². The predicted octanol–water partition coefficient (Wildman–Crippen LogP) is 3.82. The largest absolute Gasteiger partial charge is 0.399 e. The van der Waals surface area contributed by atoms with Gasteiger partial charge in [-0.05, 0) is 58.7 Å². The van der Waals surface area contributed by atoms with E-state index in [9.17, 15) is 4.39 Å². The number of anilines is 1. The molecule has 0 aliphatic carbocycles. The van der Waals surface area contributed by atoms with Crippen LogP contribution in [0.25, 0.3) is 16.7 Å². The van der Waals surface area contributed by atoms with Crippen molar-refractivity contribution >= 4 is 32.7 Å². The lowest BCUT2D eigenvalue weighted by molar-refractivity contribution is 0.619. The molecule has 0 radical (unpaired) electrons. The number of nitrogens with two attached hydrogens (primary N) is 1. The Morgan fingerprint density at radius 1 is 1.26 bits per heavy atom. The Morgan fingerprint density at radius 2 is 2.05 bits per heavy atom. The van der Waals surface area contributed by atoms with Crippen LogP contribution in [0.3, 0.4) is 0 Å². The van der Waals surface area contributed by atoms with E-state index in [0.717, 1.165) is 22.3 Å². The number of halogens is 2. The van der Waals surface area contributed by atoms with E-state index in [2.05, 4.69) is 20.9 Å². The van der Waals surface area contributed by atoms with E-state index >= 15 is 0 Å². The van der Waals surface area contributed by atoms with Gasteiger partial charge in [0.1, 0.15) is 12.1 Å². The third-order valence-electron chi connectivity index (χ3n) is 3.07. The third-order valence-corrected chi connectivity index (χ3v) is 3.68. The Hall–Kier alpha value is -1.88. The second kappa shape index (κ2) is 4.35. The molecule has 3 nitrogen and oxygen atoms in total. The molecule has 0 aliphatic rings. The molecule has 0 amide bonds. The smallest absolute Gasteiger partial charge is 0.137 e. The monoisotopic (exact) mass is 319 g/mol. The van der Waals surface area contributed by atoms with E-state index in [1.807, 2.05) is 29.7 Å². The highest BCUT2D eigenvalue weighted by Gasteiger charge is 2.10. The van der Waals surface area contributed by atoms with E-state index in [1.165, 1.54) is 6.07 Å². The van der Waals surface area contributed by atoms with Crippen LogP contribution in [0, 0.1) is 12.7 Å². The number of rotatable bonds is 1. The summed E-state index contributed by atoms with van der Waals surface area (Å²) in [6.07, 6.45) is 1.72. The Morgan fingerprint density at radius 3 is 2.84 bits per heavy atom. The highest BCUT2D eigenvalue weighted by Crippen LogP contribution is 2.26. The maximum atomic E-state index is 13.5. The summed E-state index contributed by atoms with van der Waals surface area (Å²) in [6, 6.07) is 8.81. The fraction of sp³-hybridized carbons (Fsp3) is 0.0714. The first-order chi connectivity index (χ1) is 9.06. The first kappa shape index (κ1) is 12.2. The SMILES string of the molecule is Cc1cc(F)c(Br)cc1-n1cnc2cc(N)ccc21. The van der Waals surface area contributed by atoms with Gasteiger partial charge in [-0.25, -0.2) is 9.37 Å². The molecule has 96 valence electrons. The summed E-state index contributed by atoms with van der Waals surface area (Å²) in [4.78, 5) is 4.32. The van der Waals surface area contributed by atoms with Crippen LogP contribution in [0.1, 0.15) is 5.56 Å². The zero-order valence-electron chi connectivity index (χ0n) is 10.2. The summed E-state index contributed by atoms with van der Waals surface area (Å²) < 4.78 is 15.8. The molecule has 1 heterocycles. The average Bonchev–Trinajstić information content (AvgIpc) is 2.76. The van der Waals surface area contributed by atoms with Gasteiger partial charge in [0.25, 0.3) is 0 Å². The molecule has 19 heavy (non-hydrogen) atoms. The van der Waals surface area contributed by atoms with Crippen LogP contribution in [0.5, 0.6) is 0 Å². The molecule has 0 spiro atoms. The number of imidazole rings is 1. The van der Waals surface area contributed by atoms with Crippen LogP contribution in [0.4, 0.5) is 10.1 Å². The summed E-state index contributed by atoms with van der Waals surface area (Å²) in [7, 11) is 0. The molecular formula is C14H11BrFN3. The predicted molar refractivity (Wildman–Crippen MR) is 77.9 cm³/mol. The molecule has 3 aromatic rings. The van der Waals surface area contributed by atoms with Gasteiger partial charge < -0.3 is 5.73 Å². The molecule has 0 aliphatic heterocycles. The van der Waals surface area contributed by atoms with Crippen LogP contribution >= 0.6 is 15.9 Å². The van der Waals surface area contributed by atoms with Gasteiger partial charge in [0, 0.05) is 5.69 Å². The summed E-state index contributed by atoms with van der Waals surface area (Å²) >= 11 is 3.21. The van der Waals surface area contributed by atoms with Crippen molar-refractivity contribution in [3.63, 3.8) is 0 Å². The Kier molecular flexibility index (Phi) is 2.78. The van der Waals surface area contributed by atoms with Crippen molar-refractivity contribution in [2.24, 2.45) is 0 Å². The summed E-state index contributed by atoms with van der Waals surface area (Å²) in [5, 5.41) is 0. The molecule has 0 unspecified atom stereocenters. The average molecular weight is 320 g/mol. The molecule has 3 rings (SSSR count). The van der Waals surface area contributed by atoms with Gasteiger partial charge in [-0.2, -0.15) is 0 Å². The number of benzene rings is 2. The molecule has 0 bridgehead atoms. The maximum Gasteiger partial charge on any atom is 0.137 e. The van der Waals surface area contributed by atoms with Crippen molar-refractivity contribution in [2.75, 3.05) is 5.73 Å². The van der Waals surface area contributed by atoms with Crippen LogP contribution in [-0.4, -0.2) is 9.55 Å². The topological polar surface area (TPSA) is 43.8 Å². The molecule has 0 saturated heterocycles. The number of aryl methyl sites for hydroxylation is 1. The highest BCUT2D eigenvalue weighted by atomic mass is 79.9. The van der Waals surface area contributed by atoms with Crippen LogP contribution in [-0.2, 0) is 0 Å². The van der Waals surface area contributed by atoms with Gasteiger partial charge >= 0.3 is 0 Å². The minimum absolute atomic E-state index is 0.269. The lowest BCUT2D eigenvalue weighted by Gasteiger charge is -2.09. The molecule has 1 aromatic heterocycles. The van der Waals surface area contributed by atoms with E-state index in [4.69, 9.17) is 5.73 Å². The summed E-state index contributed by atoms with van der Waals surface area (Å²) in [5.74, 6) is -0.269. The third kappa shape index (κ3) is 2.00. The van der Waals surface area contributed by atoms with Crippen molar-refractivity contribution in [2.45, 2.75) is 6.92 Å². The van der Waals surface area contributed by atoms with Crippen molar-refractivity contribution in [3.05, 3.63) is 52.5 Å². The lowest BCUT2D eigenvalue weighted by Crippen LogP contribution is -1.97. The normalized spacial score (nSPS) is 11.1. The van der Waals surface area contributed by atoms with Crippen molar-refractivity contribution in [1.29, 1.82) is 0 Å². The first-order valence-corrected chi connectivity index (χ1v) is 6.54. The Balaban J connectivity index is 2.28. The van der Waals surface area contributed by atoms with Gasteiger partial charge in [0.2, 0.25) is 0 Å². The number of hydrogen-bond acceptors (Lipinski definition) is 2. The zero-order valence-corrected chi connectivity index (χ0v) is 11.8. The number of aromatic nitrogens is 2. The summed E-state index contributed by atoms with van der Waals surface area (Å²) in [6.45, 7) is 1.87. The van der Waals surface area contributed by atoms with E-state index in [1.54, 1.807) is 12.4 Å². The fourth-order valence-corrected chi connectivity index (χ4v) is 2.45. The minimum atomic E-state index is -0.269.